The lowest BCUT2D eigenvalue weighted by Crippen LogP contribution is -2.48. The van der Waals surface area contributed by atoms with Gasteiger partial charge < -0.3 is 14.6 Å². The number of hydrogen-bond donors (Lipinski definition) is 1. The van der Waals surface area contributed by atoms with E-state index >= 15 is 0 Å². The lowest BCUT2D eigenvalue weighted by Gasteiger charge is -2.36. The Kier molecular flexibility index (Phi) is 6.69. The van der Waals surface area contributed by atoms with Crippen LogP contribution in [-0.2, 0) is 17.7 Å². The first kappa shape index (κ1) is 17.2. The predicted octanol–water partition coefficient (Wildman–Crippen LogP) is 2.87. The van der Waals surface area contributed by atoms with E-state index in [1.807, 2.05) is 13.2 Å². The van der Waals surface area contributed by atoms with Crippen molar-refractivity contribution in [1.82, 2.24) is 14.9 Å². The Bertz CT molecular complexity index is 381. The summed E-state index contributed by atoms with van der Waals surface area (Å²) in [6.45, 7) is 12.7. The minimum atomic E-state index is 0.103. The fourth-order valence-electron chi connectivity index (χ4n) is 2.68. The van der Waals surface area contributed by atoms with E-state index in [1.165, 1.54) is 0 Å². The van der Waals surface area contributed by atoms with Gasteiger partial charge in [0.05, 0.1) is 6.10 Å². The molecule has 2 unspecified atom stereocenters. The molecule has 0 fully saturated rings. The first-order valence-electron chi connectivity index (χ1n) is 7.72. The van der Waals surface area contributed by atoms with E-state index in [1.54, 1.807) is 0 Å². The van der Waals surface area contributed by atoms with Crippen LogP contribution in [0, 0.1) is 5.41 Å². The van der Waals surface area contributed by atoms with Crippen molar-refractivity contribution in [3.05, 3.63) is 18.2 Å². The average molecular weight is 281 g/mol. The summed E-state index contributed by atoms with van der Waals surface area (Å²) in [5.41, 5.74) is 0.103. The molecule has 1 rings (SSSR count). The molecule has 0 aliphatic rings. The van der Waals surface area contributed by atoms with Crippen LogP contribution in [-0.4, -0.2) is 35.4 Å². The van der Waals surface area contributed by atoms with Crippen LogP contribution in [0.3, 0.4) is 0 Å². The van der Waals surface area contributed by atoms with E-state index in [-0.39, 0.29) is 17.6 Å². The summed E-state index contributed by atoms with van der Waals surface area (Å²) in [6, 6.07) is 0.271. The first-order valence-corrected chi connectivity index (χ1v) is 7.72. The van der Waals surface area contributed by atoms with Crippen LogP contribution in [0.5, 0.6) is 0 Å². The second-order valence-corrected chi connectivity index (χ2v) is 6.38. The van der Waals surface area contributed by atoms with E-state index in [0.717, 1.165) is 31.8 Å². The van der Waals surface area contributed by atoms with Crippen molar-refractivity contribution in [3.8, 4) is 0 Å². The number of imidazole rings is 1. The molecule has 0 spiro atoms. The number of ether oxygens (including phenoxy) is 1. The highest BCUT2D eigenvalue weighted by Crippen LogP contribution is 2.26. The number of aryl methyl sites for hydroxylation is 1. The molecule has 0 aliphatic carbocycles. The third kappa shape index (κ3) is 4.60. The summed E-state index contributed by atoms with van der Waals surface area (Å²) >= 11 is 0. The highest BCUT2D eigenvalue weighted by atomic mass is 16.5. The monoisotopic (exact) mass is 281 g/mol. The average Bonchev–Trinajstić information content (AvgIpc) is 2.80. The first-order chi connectivity index (χ1) is 9.43. The molecule has 0 aromatic carbocycles. The third-order valence-corrected chi connectivity index (χ3v) is 3.60. The molecule has 0 aliphatic heterocycles. The highest BCUT2D eigenvalue weighted by Gasteiger charge is 2.32. The van der Waals surface area contributed by atoms with Gasteiger partial charge in [-0.15, -0.1) is 0 Å². The second kappa shape index (κ2) is 7.79. The van der Waals surface area contributed by atoms with Crippen molar-refractivity contribution in [1.29, 1.82) is 0 Å². The van der Waals surface area contributed by atoms with Crippen molar-refractivity contribution in [2.24, 2.45) is 5.41 Å². The Morgan fingerprint density at radius 2 is 2.05 bits per heavy atom. The minimum Gasteiger partial charge on any atom is -0.376 e. The zero-order valence-corrected chi connectivity index (χ0v) is 13.9. The normalized spacial score (nSPS) is 15.3. The van der Waals surface area contributed by atoms with Gasteiger partial charge in [0.25, 0.3) is 0 Å². The zero-order valence-electron chi connectivity index (χ0n) is 13.9. The molecule has 0 amide bonds. The molecule has 0 saturated heterocycles. The second-order valence-electron chi connectivity index (χ2n) is 6.38. The number of nitrogens with zero attached hydrogens (tertiary/aromatic N) is 2. The van der Waals surface area contributed by atoms with Crippen molar-refractivity contribution in [2.75, 3.05) is 13.7 Å². The van der Waals surface area contributed by atoms with Gasteiger partial charge in [0.15, 0.2) is 0 Å². The molecule has 4 nitrogen and oxygen atoms in total. The van der Waals surface area contributed by atoms with Gasteiger partial charge in [-0.3, -0.25) is 0 Å². The molecule has 0 saturated carbocycles. The van der Waals surface area contributed by atoms with Gasteiger partial charge in [-0.25, -0.2) is 4.98 Å². The van der Waals surface area contributed by atoms with Crippen LogP contribution < -0.4 is 5.32 Å². The predicted molar refractivity (Wildman–Crippen MR) is 83.9 cm³/mol. The van der Waals surface area contributed by atoms with Crippen molar-refractivity contribution < 1.29 is 4.74 Å². The highest BCUT2D eigenvalue weighted by molar-refractivity contribution is 4.99. The summed E-state index contributed by atoms with van der Waals surface area (Å²) < 4.78 is 8.25. The smallest absolute Gasteiger partial charge is 0.110 e. The minimum absolute atomic E-state index is 0.103. The maximum atomic E-state index is 6.01. The summed E-state index contributed by atoms with van der Waals surface area (Å²) in [7, 11) is 2.01. The van der Waals surface area contributed by atoms with Gasteiger partial charge >= 0.3 is 0 Å². The summed E-state index contributed by atoms with van der Waals surface area (Å²) in [4.78, 5) is 4.51. The molecule has 4 heteroatoms. The van der Waals surface area contributed by atoms with E-state index in [4.69, 9.17) is 4.74 Å². The summed E-state index contributed by atoms with van der Waals surface area (Å²) in [6.07, 6.45) is 6.15. The Hall–Kier alpha value is -0.870. The number of likely N-dealkylation sites (N-methyl/N-ethyl adjacent to an activating group) is 1. The molecule has 116 valence electrons. The number of hydrogen-bond acceptors (Lipinski definition) is 3. The Morgan fingerprint density at radius 1 is 1.35 bits per heavy atom. The Balaban J connectivity index is 2.85. The van der Waals surface area contributed by atoms with Crippen LogP contribution in [0.2, 0.25) is 0 Å². The molecule has 20 heavy (non-hydrogen) atoms. The lowest BCUT2D eigenvalue weighted by atomic mass is 9.83. The summed E-state index contributed by atoms with van der Waals surface area (Å²) in [5, 5.41) is 3.42. The van der Waals surface area contributed by atoms with Crippen molar-refractivity contribution >= 4 is 0 Å². The van der Waals surface area contributed by atoms with Gasteiger partial charge in [-0.1, -0.05) is 27.7 Å². The fourth-order valence-corrected chi connectivity index (χ4v) is 2.68. The van der Waals surface area contributed by atoms with Gasteiger partial charge in [0.1, 0.15) is 5.82 Å². The number of aromatic nitrogens is 2. The molecule has 1 aromatic heterocycles. The fraction of sp³-hybridized carbons (Fsp3) is 0.812. The van der Waals surface area contributed by atoms with Gasteiger partial charge in [0, 0.05) is 38.0 Å². The topological polar surface area (TPSA) is 39.1 Å². The Labute approximate surface area is 123 Å². The zero-order chi connectivity index (χ0) is 15.2. The standard InChI is InChI=1S/C16H31N3O/c1-7-10-19-11-9-18-14(19)12-13(17-6)15(20-8-2)16(3,4)5/h9,11,13,15,17H,7-8,10,12H2,1-6H3. The Morgan fingerprint density at radius 3 is 2.55 bits per heavy atom. The maximum absolute atomic E-state index is 6.01. The van der Waals surface area contributed by atoms with E-state index in [9.17, 15) is 0 Å². The molecular formula is C16H31N3O. The van der Waals surface area contributed by atoms with Gasteiger partial charge in [0.2, 0.25) is 0 Å². The molecule has 2 atom stereocenters. The number of rotatable bonds is 8. The van der Waals surface area contributed by atoms with E-state index in [0.29, 0.717) is 0 Å². The molecule has 0 radical (unpaired) electrons. The van der Waals surface area contributed by atoms with Crippen molar-refractivity contribution in [2.45, 2.75) is 66.2 Å². The quantitative estimate of drug-likeness (QED) is 0.796. The van der Waals surface area contributed by atoms with Gasteiger partial charge in [-0.05, 0) is 25.8 Å². The molecule has 1 heterocycles. The molecule has 1 aromatic rings. The van der Waals surface area contributed by atoms with Crippen LogP contribution in [0.1, 0.15) is 46.9 Å². The molecule has 1 N–H and O–H groups in total. The maximum Gasteiger partial charge on any atom is 0.110 e. The number of nitrogens with one attached hydrogen (secondary N) is 1. The van der Waals surface area contributed by atoms with Crippen LogP contribution in [0.15, 0.2) is 12.4 Å². The third-order valence-electron chi connectivity index (χ3n) is 3.60. The van der Waals surface area contributed by atoms with Crippen LogP contribution in [0.4, 0.5) is 0 Å². The van der Waals surface area contributed by atoms with E-state index < -0.39 is 0 Å². The largest absolute Gasteiger partial charge is 0.376 e. The van der Waals surface area contributed by atoms with Crippen molar-refractivity contribution in [3.63, 3.8) is 0 Å². The van der Waals surface area contributed by atoms with E-state index in [2.05, 4.69) is 55.7 Å². The van der Waals surface area contributed by atoms with Crippen LogP contribution in [0.25, 0.3) is 0 Å². The SMILES string of the molecule is CCCn1ccnc1CC(NC)C(OCC)C(C)(C)C. The summed E-state index contributed by atoms with van der Waals surface area (Å²) in [5.74, 6) is 1.14. The van der Waals surface area contributed by atoms with Gasteiger partial charge in [-0.2, -0.15) is 0 Å². The lowest BCUT2D eigenvalue weighted by molar-refractivity contribution is -0.0345. The van der Waals surface area contributed by atoms with Crippen LogP contribution >= 0.6 is 0 Å². The molecule has 0 bridgehead atoms. The molecular weight excluding hydrogens is 250 g/mol.